The van der Waals surface area contributed by atoms with Crippen LogP contribution >= 0.6 is 0 Å². The predicted molar refractivity (Wildman–Crippen MR) is 151 cm³/mol. The molecule has 3 saturated heterocycles. The highest BCUT2D eigenvalue weighted by atomic mass is 16.2. The summed E-state index contributed by atoms with van der Waals surface area (Å²) in [5.74, 6) is 1.97. The largest absolute Gasteiger partial charge is 0.371 e. The Balaban J connectivity index is 1.11. The summed E-state index contributed by atoms with van der Waals surface area (Å²) in [6.45, 7) is 10.3. The number of benzene rings is 1. The van der Waals surface area contributed by atoms with Crippen molar-refractivity contribution in [2.75, 3.05) is 56.0 Å². The standard InChI is InChI=1S/C30H42N6O2/c1-3-27(37)24-10-15-34(16-11-24)26-12-17-35(18-13-26)30(38)28-22(2)29(33-21-32-28)31-19-23-9-14-36(20-23)25-7-5-4-6-8-25/h4-8,21,23-24,26H,3,9-20H2,1-2H3,(H,31,32,33). The van der Waals surface area contributed by atoms with Gasteiger partial charge in [0.1, 0.15) is 23.6 Å². The van der Waals surface area contributed by atoms with Gasteiger partial charge in [-0.25, -0.2) is 9.97 Å². The Kier molecular flexibility index (Phi) is 8.57. The maximum absolute atomic E-state index is 13.4. The van der Waals surface area contributed by atoms with E-state index in [0.29, 0.717) is 29.9 Å². The number of hydrogen-bond acceptors (Lipinski definition) is 7. The Hall–Kier alpha value is -3.00. The molecule has 8 heteroatoms. The molecule has 38 heavy (non-hydrogen) atoms. The molecule has 0 aliphatic carbocycles. The number of hydrogen-bond donors (Lipinski definition) is 1. The number of carbonyl (C=O) groups is 2. The highest BCUT2D eigenvalue weighted by Crippen LogP contribution is 2.27. The van der Waals surface area contributed by atoms with Crippen molar-refractivity contribution in [2.24, 2.45) is 11.8 Å². The third kappa shape index (κ3) is 6.01. The molecular weight excluding hydrogens is 476 g/mol. The average Bonchev–Trinajstić information content (AvgIpc) is 3.46. The number of rotatable bonds is 8. The number of para-hydroxylation sites is 1. The van der Waals surface area contributed by atoms with Crippen LogP contribution in [-0.2, 0) is 4.79 Å². The highest BCUT2D eigenvalue weighted by Gasteiger charge is 2.32. The molecule has 1 aromatic carbocycles. The molecule has 0 spiro atoms. The lowest BCUT2D eigenvalue weighted by Gasteiger charge is -2.41. The minimum atomic E-state index is 0.00905. The van der Waals surface area contributed by atoms with Crippen LogP contribution in [0.2, 0.25) is 0 Å². The zero-order valence-corrected chi connectivity index (χ0v) is 22.9. The van der Waals surface area contributed by atoms with Crippen LogP contribution in [0.5, 0.6) is 0 Å². The first-order chi connectivity index (χ1) is 18.5. The van der Waals surface area contributed by atoms with Crippen LogP contribution in [0.15, 0.2) is 36.7 Å². The van der Waals surface area contributed by atoms with E-state index >= 15 is 0 Å². The fraction of sp³-hybridized carbons (Fsp3) is 0.600. The molecule has 3 aliphatic rings. The number of piperidine rings is 2. The molecule has 8 nitrogen and oxygen atoms in total. The summed E-state index contributed by atoms with van der Waals surface area (Å²) in [6.07, 6.45) is 7.22. The molecule has 3 fully saturated rings. The van der Waals surface area contributed by atoms with Crippen LogP contribution in [0.25, 0.3) is 0 Å². The number of Topliss-reactive ketones (excluding diaryl/α,β-unsaturated/α-hetero) is 1. The smallest absolute Gasteiger partial charge is 0.272 e. The molecule has 1 amide bonds. The second kappa shape index (κ2) is 12.2. The maximum Gasteiger partial charge on any atom is 0.272 e. The summed E-state index contributed by atoms with van der Waals surface area (Å²) in [5, 5.41) is 3.51. The summed E-state index contributed by atoms with van der Waals surface area (Å²) in [6, 6.07) is 11.1. The number of nitrogens with zero attached hydrogens (tertiary/aromatic N) is 5. The molecular formula is C30H42N6O2. The Bertz CT molecular complexity index is 1090. The van der Waals surface area contributed by atoms with E-state index in [0.717, 1.165) is 89.3 Å². The molecule has 1 unspecified atom stereocenters. The lowest BCUT2D eigenvalue weighted by molar-refractivity contribution is -0.124. The van der Waals surface area contributed by atoms with Gasteiger partial charge in [0.25, 0.3) is 5.91 Å². The van der Waals surface area contributed by atoms with Crippen LogP contribution < -0.4 is 10.2 Å². The molecule has 3 aliphatic heterocycles. The number of carbonyl (C=O) groups excluding carboxylic acids is 2. The number of likely N-dealkylation sites (tertiary alicyclic amines) is 2. The van der Waals surface area contributed by atoms with Gasteiger partial charge >= 0.3 is 0 Å². The third-order valence-electron chi connectivity index (χ3n) is 8.85. The SMILES string of the molecule is CCC(=O)C1CCN(C2CCN(C(=O)c3ncnc(NCC4CCN(c5ccccc5)C4)c3C)CC2)CC1. The van der Waals surface area contributed by atoms with Gasteiger partial charge in [0.2, 0.25) is 0 Å². The van der Waals surface area contributed by atoms with Gasteiger partial charge in [0.05, 0.1) is 0 Å². The Morgan fingerprint density at radius 1 is 0.947 bits per heavy atom. The number of nitrogens with one attached hydrogen (secondary N) is 1. The Morgan fingerprint density at radius 3 is 2.39 bits per heavy atom. The van der Waals surface area contributed by atoms with Crippen molar-refractivity contribution in [1.82, 2.24) is 19.8 Å². The normalized spacial score (nSPS) is 21.6. The van der Waals surface area contributed by atoms with Crippen molar-refractivity contribution in [3.63, 3.8) is 0 Å². The zero-order valence-electron chi connectivity index (χ0n) is 22.9. The van der Waals surface area contributed by atoms with E-state index in [1.165, 1.54) is 12.0 Å². The first kappa shape index (κ1) is 26.6. The minimum Gasteiger partial charge on any atom is -0.371 e. The summed E-state index contributed by atoms with van der Waals surface area (Å²) in [4.78, 5) is 41.3. The second-order valence-electron chi connectivity index (χ2n) is 11.2. The topological polar surface area (TPSA) is 81.7 Å². The molecule has 0 saturated carbocycles. The monoisotopic (exact) mass is 518 g/mol. The molecule has 0 radical (unpaired) electrons. The van der Waals surface area contributed by atoms with E-state index < -0.39 is 0 Å². The second-order valence-corrected chi connectivity index (χ2v) is 11.2. The Morgan fingerprint density at radius 2 is 1.68 bits per heavy atom. The van der Waals surface area contributed by atoms with Crippen molar-refractivity contribution in [1.29, 1.82) is 0 Å². The number of anilines is 2. The van der Waals surface area contributed by atoms with E-state index in [9.17, 15) is 9.59 Å². The molecule has 5 rings (SSSR count). The fourth-order valence-corrected chi connectivity index (χ4v) is 6.42. The van der Waals surface area contributed by atoms with E-state index in [4.69, 9.17) is 0 Å². The van der Waals surface area contributed by atoms with Crippen molar-refractivity contribution in [2.45, 2.75) is 58.4 Å². The van der Waals surface area contributed by atoms with Crippen molar-refractivity contribution in [3.05, 3.63) is 47.9 Å². The highest BCUT2D eigenvalue weighted by molar-refractivity contribution is 5.94. The summed E-state index contributed by atoms with van der Waals surface area (Å²) < 4.78 is 0. The fourth-order valence-electron chi connectivity index (χ4n) is 6.42. The van der Waals surface area contributed by atoms with Crippen LogP contribution in [-0.4, -0.2) is 83.3 Å². The van der Waals surface area contributed by atoms with Crippen LogP contribution in [0.3, 0.4) is 0 Å². The van der Waals surface area contributed by atoms with Gasteiger partial charge in [0, 0.05) is 62.4 Å². The summed E-state index contributed by atoms with van der Waals surface area (Å²) >= 11 is 0. The van der Waals surface area contributed by atoms with E-state index in [1.807, 2.05) is 18.7 Å². The molecule has 2 aromatic rings. The molecule has 1 N–H and O–H groups in total. The van der Waals surface area contributed by atoms with Crippen molar-refractivity contribution >= 4 is 23.2 Å². The van der Waals surface area contributed by atoms with Gasteiger partial charge < -0.3 is 20.0 Å². The Labute approximate surface area is 226 Å². The lowest BCUT2D eigenvalue weighted by atomic mass is 9.89. The minimum absolute atomic E-state index is 0.00905. The van der Waals surface area contributed by atoms with Gasteiger partial charge in [0.15, 0.2) is 0 Å². The maximum atomic E-state index is 13.4. The van der Waals surface area contributed by atoms with E-state index in [1.54, 1.807) is 0 Å². The van der Waals surface area contributed by atoms with Gasteiger partial charge in [-0.1, -0.05) is 25.1 Å². The predicted octanol–water partition coefficient (Wildman–Crippen LogP) is 4.02. The summed E-state index contributed by atoms with van der Waals surface area (Å²) in [7, 11) is 0. The summed E-state index contributed by atoms with van der Waals surface area (Å²) in [5.41, 5.74) is 2.62. The van der Waals surface area contributed by atoms with Crippen LogP contribution in [0.4, 0.5) is 11.5 Å². The zero-order chi connectivity index (χ0) is 26.5. The lowest BCUT2D eigenvalue weighted by Crippen LogP contribution is -2.49. The molecule has 0 bridgehead atoms. The quantitative estimate of drug-likeness (QED) is 0.565. The van der Waals surface area contributed by atoms with E-state index in [2.05, 4.69) is 55.4 Å². The van der Waals surface area contributed by atoms with Crippen LogP contribution in [0.1, 0.15) is 61.5 Å². The van der Waals surface area contributed by atoms with E-state index in [-0.39, 0.29) is 11.8 Å². The van der Waals surface area contributed by atoms with Gasteiger partial charge in [-0.15, -0.1) is 0 Å². The first-order valence-corrected chi connectivity index (χ1v) is 14.4. The van der Waals surface area contributed by atoms with Gasteiger partial charge in [-0.3, -0.25) is 9.59 Å². The molecule has 4 heterocycles. The molecule has 1 atom stereocenters. The van der Waals surface area contributed by atoms with Gasteiger partial charge in [-0.05, 0) is 70.2 Å². The number of ketones is 1. The van der Waals surface area contributed by atoms with Crippen molar-refractivity contribution in [3.8, 4) is 0 Å². The third-order valence-corrected chi connectivity index (χ3v) is 8.85. The molecule has 1 aromatic heterocycles. The van der Waals surface area contributed by atoms with Crippen molar-refractivity contribution < 1.29 is 9.59 Å². The average molecular weight is 519 g/mol. The first-order valence-electron chi connectivity index (χ1n) is 14.4. The number of aromatic nitrogens is 2. The van der Waals surface area contributed by atoms with Crippen LogP contribution in [0, 0.1) is 18.8 Å². The van der Waals surface area contributed by atoms with Gasteiger partial charge in [-0.2, -0.15) is 0 Å². The molecule has 204 valence electrons. The number of amides is 1.